The lowest BCUT2D eigenvalue weighted by atomic mass is 10.0. The molecule has 0 fully saturated rings. The number of hydrogen-bond acceptors (Lipinski definition) is 7. The number of esters is 1. The van der Waals surface area contributed by atoms with Crippen molar-refractivity contribution in [3.05, 3.63) is 108 Å². The van der Waals surface area contributed by atoms with E-state index in [0.717, 1.165) is 17.5 Å². The van der Waals surface area contributed by atoms with Crippen molar-refractivity contribution in [2.24, 2.45) is 0 Å². The van der Waals surface area contributed by atoms with Gasteiger partial charge in [-0.15, -0.1) is 0 Å². The van der Waals surface area contributed by atoms with Gasteiger partial charge in [-0.25, -0.2) is 4.79 Å². The minimum atomic E-state index is -4.51. The van der Waals surface area contributed by atoms with Crippen LogP contribution in [-0.4, -0.2) is 46.5 Å². The molecule has 0 saturated heterocycles. The van der Waals surface area contributed by atoms with Crippen molar-refractivity contribution < 1.29 is 41.8 Å². The summed E-state index contributed by atoms with van der Waals surface area (Å²) in [6.07, 6.45) is -4.35. The number of benzene rings is 3. The predicted molar refractivity (Wildman–Crippen MR) is 176 cm³/mol. The first kappa shape index (κ1) is 36.4. The molecule has 49 heavy (non-hydrogen) atoms. The van der Waals surface area contributed by atoms with Crippen molar-refractivity contribution in [1.82, 2.24) is 15.6 Å². The topological polar surface area (TPSA) is 136 Å². The standard InChI is InChI=1S/C36H37F3N4O6/c1-35(2,3)49-34(47)43-30(21-31(44)48-22-24-8-5-4-6-9-24)33(46)42-29(17-13-23-11-14-26(15-12-23)36(37,38)39)32(45)41-27-16-18-28-25(20-27)10-7-19-40-28/h4-12,14-16,18-20,29-30H,13,17,21-22H2,1-3H3,(H,41,45)(H,42,46)(H,43,47)/t29-,30+/m1/s1. The van der Waals surface area contributed by atoms with Gasteiger partial charge >= 0.3 is 18.2 Å². The van der Waals surface area contributed by atoms with Crippen molar-refractivity contribution in [1.29, 1.82) is 0 Å². The van der Waals surface area contributed by atoms with E-state index in [1.807, 2.05) is 6.07 Å². The Balaban J connectivity index is 1.53. The summed E-state index contributed by atoms with van der Waals surface area (Å²) in [6.45, 7) is 4.81. The molecule has 0 aliphatic carbocycles. The van der Waals surface area contributed by atoms with Crippen LogP contribution in [0, 0.1) is 0 Å². The fourth-order valence-corrected chi connectivity index (χ4v) is 4.72. The van der Waals surface area contributed by atoms with Crippen LogP contribution < -0.4 is 16.0 Å². The quantitative estimate of drug-likeness (QED) is 0.149. The van der Waals surface area contributed by atoms with E-state index in [0.29, 0.717) is 22.3 Å². The molecule has 0 saturated carbocycles. The zero-order chi connectivity index (χ0) is 35.6. The zero-order valence-electron chi connectivity index (χ0n) is 27.2. The maximum atomic E-state index is 13.7. The Hall–Kier alpha value is -5.46. The van der Waals surface area contributed by atoms with Gasteiger partial charge in [0.2, 0.25) is 11.8 Å². The summed E-state index contributed by atoms with van der Waals surface area (Å²) in [7, 11) is 0. The van der Waals surface area contributed by atoms with Gasteiger partial charge in [0.05, 0.1) is 17.5 Å². The largest absolute Gasteiger partial charge is 0.461 e. The molecule has 0 spiro atoms. The Bertz CT molecular complexity index is 1760. The van der Waals surface area contributed by atoms with Gasteiger partial charge in [0.15, 0.2) is 0 Å². The first-order chi connectivity index (χ1) is 23.2. The second-order valence-corrected chi connectivity index (χ2v) is 12.2. The van der Waals surface area contributed by atoms with E-state index in [1.54, 1.807) is 81.6 Å². The van der Waals surface area contributed by atoms with E-state index in [2.05, 4.69) is 20.9 Å². The highest BCUT2D eigenvalue weighted by molar-refractivity contribution is 6.00. The molecule has 10 nitrogen and oxygen atoms in total. The second-order valence-electron chi connectivity index (χ2n) is 12.2. The predicted octanol–water partition coefficient (Wildman–Crippen LogP) is 6.34. The average Bonchev–Trinajstić information content (AvgIpc) is 3.04. The van der Waals surface area contributed by atoms with E-state index in [-0.39, 0.29) is 19.4 Å². The Morgan fingerprint density at radius 1 is 0.796 bits per heavy atom. The molecular weight excluding hydrogens is 641 g/mol. The minimum Gasteiger partial charge on any atom is -0.461 e. The normalized spacial score (nSPS) is 12.8. The summed E-state index contributed by atoms with van der Waals surface area (Å²) in [5.41, 5.74) is 0.569. The summed E-state index contributed by atoms with van der Waals surface area (Å²) >= 11 is 0. The van der Waals surface area contributed by atoms with Gasteiger partial charge in [-0.2, -0.15) is 13.2 Å². The van der Waals surface area contributed by atoms with Crippen LogP contribution in [0.4, 0.5) is 23.7 Å². The van der Waals surface area contributed by atoms with Gasteiger partial charge in [-0.05, 0) is 81.1 Å². The SMILES string of the molecule is CC(C)(C)OC(=O)N[C@@H](CC(=O)OCc1ccccc1)C(=O)N[C@H](CCc1ccc(C(F)(F)F)cc1)C(=O)Nc1ccc2ncccc2c1. The highest BCUT2D eigenvalue weighted by Gasteiger charge is 2.32. The van der Waals surface area contributed by atoms with Crippen LogP contribution in [0.5, 0.6) is 0 Å². The molecule has 13 heteroatoms. The van der Waals surface area contributed by atoms with Crippen LogP contribution in [0.1, 0.15) is 50.3 Å². The number of nitrogens with one attached hydrogen (secondary N) is 3. The number of aromatic nitrogens is 1. The molecule has 258 valence electrons. The molecule has 3 N–H and O–H groups in total. The number of rotatable bonds is 12. The van der Waals surface area contributed by atoms with Crippen LogP contribution in [0.25, 0.3) is 10.9 Å². The lowest BCUT2D eigenvalue weighted by Gasteiger charge is -2.25. The molecule has 3 aromatic carbocycles. The maximum Gasteiger partial charge on any atom is 0.416 e. The number of alkyl halides is 3. The number of nitrogens with zero attached hydrogens (tertiary/aromatic N) is 1. The molecule has 1 heterocycles. The fourth-order valence-electron chi connectivity index (χ4n) is 4.72. The van der Waals surface area contributed by atoms with Crippen LogP contribution >= 0.6 is 0 Å². The number of pyridine rings is 1. The van der Waals surface area contributed by atoms with E-state index in [1.165, 1.54) is 12.1 Å². The first-order valence-electron chi connectivity index (χ1n) is 15.5. The molecule has 0 bridgehead atoms. The van der Waals surface area contributed by atoms with E-state index < -0.39 is 59.7 Å². The number of anilines is 1. The number of hydrogen-bond donors (Lipinski definition) is 3. The third kappa shape index (κ3) is 11.6. The van der Waals surface area contributed by atoms with Crippen LogP contribution in [-0.2, 0) is 43.1 Å². The van der Waals surface area contributed by atoms with Crippen LogP contribution in [0.2, 0.25) is 0 Å². The molecule has 1 aromatic heterocycles. The van der Waals surface area contributed by atoms with Gasteiger partial charge in [0, 0.05) is 17.3 Å². The van der Waals surface area contributed by atoms with Crippen molar-refractivity contribution >= 4 is 40.5 Å². The monoisotopic (exact) mass is 678 g/mol. The third-order valence-corrected chi connectivity index (χ3v) is 7.13. The van der Waals surface area contributed by atoms with Crippen molar-refractivity contribution in [3.8, 4) is 0 Å². The highest BCUT2D eigenvalue weighted by atomic mass is 19.4. The molecule has 0 aliphatic heterocycles. The minimum absolute atomic E-state index is 0.0321. The number of alkyl carbamates (subject to hydrolysis) is 1. The molecule has 3 amide bonds. The third-order valence-electron chi connectivity index (χ3n) is 7.13. The lowest BCUT2D eigenvalue weighted by Crippen LogP contribution is -2.54. The van der Waals surface area contributed by atoms with Gasteiger partial charge in [0.1, 0.15) is 24.3 Å². The Kier molecular flexibility index (Phi) is 11.9. The van der Waals surface area contributed by atoms with E-state index in [9.17, 15) is 32.3 Å². The molecule has 4 aromatic rings. The number of halogens is 3. The zero-order valence-corrected chi connectivity index (χ0v) is 27.2. The van der Waals surface area contributed by atoms with Crippen LogP contribution in [0.3, 0.4) is 0 Å². The highest BCUT2D eigenvalue weighted by Crippen LogP contribution is 2.29. The number of carbonyl (C=O) groups is 4. The van der Waals surface area contributed by atoms with Gasteiger partial charge in [0.25, 0.3) is 0 Å². The Morgan fingerprint density at radius 3 is 2.18 bits per heavy atom. The maximum absolute atomic E-state index is 13.7. The smallest absolute Gasteiger partial charge is 0.416 e. The summed E-state index contributed by atoms with van der Waals surface area (Å²) in [4.78, 5) is 57.0. The van der Waals surface area contributed by atoms with Crippen molar-refractivity contribution in [2.45, 2.75) is 70.5 Å². The molecule has 2 atom stereocenters. The van der Waals surface area contributed by atoms with Gasteiger partial charge in [-0.3, -0.25) is 19.4 Å². The average molecular weight is 679 g/mol. The molecule has 4 rings (SSSR count). The summed E-state index contributed by atoms with van der Waals surface area (Å²) in [5, 5.41) is 8.51. The molecule has 0 unspecified atom stereocenters. The molecule has 0 radical (unpaired) electrons. The molecular formula is C36H37F3N4O6. The second kappa shape index (κ2) is 16.1. The van der Waals surface area contributed by atoms with Gasteiger partial charge < -0.3 is 25.4 Å². The Morgan fingerprint density at radius 2 is 1.51 bits per heavy atom. The van der Waals surface area contributed by atoms with E-state index in [4.69, 9.17) is 9.47 Å². The number of fused-ring (bicyclic) bond motifs is 1. The summed E-state index contributed by atoms with van der Waals surface area (Å²) < 4.78 is 49.9. The van der Waals surface area contributed by atoms with Crippen LogP contribution in [0.15, 0.2) is 91.1 Å². The summed E-state index contributed by atoms with van der Waals surface area (Å²) in [5.74, 6) is -2.31. The Labute approximate surface area is 281 Å². The van der Waals surface area contributed by atoms with E-state index >= 15 is 0 Å². The number of carbonyl (C=O) groups excluding carboxylic acids is 4. The van der Waals surface area contributed by atoms with Crippen molar-refractivity contribution in [2.75, 3.05) is 5.32 Å². The number of ether oxygens (including phenoxy) is 2. The summed E-state index contributed by atoms with van der Waals surface area (Å²) in [6, 6.07) is 19.2. The number of aryl methyl sites for hydroxylation is 1. The number of amides is 3. The first-order valence-corrected chi connectivity index (χ1v) is 15.5. The van der Waals surface area contributed by atoms with Gasteiger partial charge in [-0.1, -0.05) is 48.5 Å². The lowest BCUT2D eigenvalue weighted by molar-refractivity contribution is -0.147. The fraction of sp³-hybridized carbons (Fsp3) is 0.306. The molecule has 0 aliphatic rings. The van der Waals surface area contributed by atoms with Crippen molar-refractivity contribution in [3.63, 3.8) is 0 Å².